The summed E-state index contributed by atoms with van der Waals surface area (Å²) in [4.78, 5) is 2.56. The first kappa shape index (κ1) is 12.9. The van der Waals surface area contributed by atoms with E-state index >= 15 is 0 Å². The van der Waals surface area contributed by atoms with Gasteiger partial charge in [-0.25, -0.2) is 0 Å². The summed E-state index contributed by atoms with van der Waals surface area (Å²) >= 11 is 0. The van der Waals surface area contributed by atoms with Gasteiger partial charge in [0, 0.05) is 19.7 Å². The topological polar surface area (TPSA) is 36.3 Å². The molecule has 0 bridgehead atoms. The van der Waals surface area contributed by atoms with Crippen LogP contribution in [-0.4, -0.2) is 37.7 Å². The van der Waals surface area contributed by atoms with E-state index in [2.05, 4.69) is 11.0 Å². The first-order valence-corrected chi connectivity index (χ1v) is 6.97. The molecule has 0 radical (unpaired) electrons. The fourth-order valence-corrected chi connectivity index (χ4v) is 3.41. The zero-order valence-electron chi connectivity index (χ0n) is 10.9. The lowest BCUT2D eigenvalue weighted by molar-refractivity contribution is 0.138. The Morgan fingerprint density at radius 3 is 2.82 bits per heavy atom. The average Bonchev–Trinajstić information content (AvgIpc) is 2.66. The highest BCUT2D eigenvalue weighted by atomic mass is 16.5. The van der Waals surface area contributed by atoms with Crippen molar-refractivity contribution in [1.82, 2.24) is 4.90 Å². The third-order valence-corrected chi connectivity index (χ3v) is 4.33. The molecule has 1 aliphatic carbocycles. The Labute approximate surface area is 105 Å². The van der Waals surface area contributed by atoms with Gasteiger partial charge < -0.3 is 4.74 Å². The second-order valence-corrected chi connectivity index (χ2v) is 5.55. The van der Waals surface area contributed by atoms with Gasteiger partial charge in [-0.3, -0.25) is 4.90 Å². The Bertz CT molecular complexity index is 274. The molecule has 0 aromatic rings. The summed E-state index contributed by atoms with van der Waals surface area (Å²) in [5.41, 5.74) is 0. The molecule has 0 aromatic carbocycles. The van der Waals surface area contributed by atoms with E-state index in [9.17, 15) is 5.26 Å². The van der Waals surface area contributed by atoms with Gasteiger partial charge in [-0.2, -0.15) is 5.26 Å². The molecule has 3 heteroatoms. The summed E-state index contributed by atoms with van der Waals surface area (Å²) in [7, 11) is 1.78. The van der Waals surface area contributed by atoms with Crippen LogP contribution in [0.1, 0.15) is 38.5 Å². The summed E-state index contributed by atoms with van der Waals surface area (Å²) in [5, 5.41) is 9.31. The van der Waals surface area contributed by atoms with Crippen molar-refractivity contribution in [2.75, 3.05) is 26.8 Å². The lowest BCUT2D eigenvalue weighted by atomic mass is 9.95. The van der Waals surface area contributed by atoms with E-state index in [1.807, 2.05) is 0 Å². The standard InChI is InChI=1S/C14H24N2O/c1-17-11-12-7-8-16(10-12)14-6-4-2-3-5-13(14)9-15/h12-14H,2-8,10-11H2,1H3. The SMILES string of the molecule is COCC1CCN(C2CCCCCC2C#N)C1. The molecule has 0 amide bonds. The van der Waals surface area contributed by atoms with Crippen LogP contribution in [0.2, 0.25) is 0 Å². The molecule has 3 unspecified atom stereocenters. The Balaban J connectivity index is 1.93. The third-order valence-electron chi connectivity index (χ3n) is 4.33. The largest absolute Gasteiger partial charge is 0.384 e. The van der Waals surface area contributed by atoms with Crippen molar-refractivity contribution in [3.63, 3.8) is 0 Å². The van der Waals surface area contributed by atoms with Crippen LogP contribution in [0.25, 0.3) is 0 Å². The Morgan fingerprint density at radius 1 is 1.24 bits per heavy atom. The predicted octanol–water partition coefficient (Wildman–Crippen LogP) is 2.43. The first-order chi connectivity index (χ1) is 8.35. The van der Waals surface area contributed by atoms with E-state index in [0.717, 1.165) is 26.1 Å². The van der Waals surface area contributed by atoms with Crippen molar-refractivity contribution in [2.45, 2.75) is 44.6 Å². The number of methoxy groups -OCH3 is 1. The van der Waals surface area contributed by atoms with Crippen LogP contribution in [0.3, 0.4) is 0 Å². The molecule has 1 saturated carbocycles. The molecule has 2 fully saturated rings. The normalized spacial score (nSPS) is 35.4. The van der Waals surface area contributed by atoms with Gasteiger partial charge in [0.05, 0.1) is 18.6 Å². The monoisotopic (exact) mass is 236 g/mol. The minimum absolute atomic E-state index is 0.263. The van der Waals surface area contributed by atoms with E-state index in [0.29, 0.717) is 12.0 Å². The van der Waals surface area contributed by atoms with Crippen LogP contribution in [0.5, 0.6) is 0 Å². The summed E-state index contributed by atoms with van der Waals surface area (Å²) in [6, 6.07) is 3.06. The quantitative estimate of drug-likeness (QED) is 0.706. The fourth-order valence-electron chi connectivity index (χ4n) is 3.41. The molecule has 17 heavy (non-hydrogen) atoms. The van der Waals surface area contributed by atoms with Crippen molar-refractivity contribution < 1.29 is 4.74 Å². The van der Waals surface area contributed by atoms with E-state index < -0.39 is 0 Å². The Kier molecular flexibility index (Phi) is 4.82. The van der Waals surface area contributed by atoms with Crippen LogP contribution in [-0.2, 0) is 4.74 Å². The third kappa shape index (κ3) is 3.20. The Morgan fingerprint density at radius 2 is 2.06 bits per heavy atom. The van der Waals surface area contributed by atoms with Gasteiger partial charge in [0.15, 0.2) is 0 Å². The maximum absolute atomic E-state index is 9.31. The fraction of sp³-hybridized carbons (Fsp3) is 0.929. The van der Waals surface area contributed by atoms with E-state index in [4.69, 9.17) is 4.74 Å². The van der Waals surface area contributed by atoms with E-state index in [-0.39, 0.29) is 5.92 Å². The number of ether oxygens (including phenoxy) is 1. The predicted molar refractivity (Wildman–Crippen MR) is 67.5 cm³/mol. The number of nitriles is 1. The van der Waals surface area contributed by atoms with Crippen LogP contribution in [0, 0.1) is 23.2 Å². The number of rotatable bonds is 3. The van der Waals surface area contributed by atoms with Crippen molar-refractivity contribution >= 4 is 0 Å². The second-order valence-electron chi connectivity index (χ2n) is 5.55. The molecular weight excluding hydrogens is 212 g/mol. The second kappa shape index (κ2) is 6.37. The highest BCUT2D eigenvalue weighted by Crippen LogP contribution is 2.30. The highest BCUT2D eigenvalue weighted by molar-refractivity contribution is 4.96. The highest BCUT2D eigenvalue weighted by Gasteiger charge is 2.33. The summed E-state index contributed by atoms with van der Waals surface area (Å²) in [5.74, 6) is 0.946. The van der Waals surface area contributed by atoms with E-state index in [1.54, 1.807) is 7.11 Å². The van der Waals surface area contributed by atoms with Gasteiger partial charge in [0.2, 0.25) is 0 Å². The number of nitrogens with zero attached hydrogens (tertiary/aromatic N) is 2. The number of likely N-dealkylation sites (tertiary alicyclic amines) is 1. The molecule has 2 aliphatic rings. The molecule has 1 aliphatic heterocycles. The summed E-state index contributed by atoms with van der Waals surface area (Å²) in [6.45, 7) is 3.17. The van der Waals surface area contributed by atoms with Gasteiger partial charge in [-0.05, 0) is 31.7 Å². The summed E-state index contributed by atoms with van der Waals surface area (Å²) < 4.78 is 5.25. The maximum Gasteiger partial charge on any atom is 0.0672 e. The number of hydrogen-bond donors (Lipinski definition) is 0. The zero-order chi connectivity index (χ0) is 12.1. The van der Waals surface area contributed by atoms with Crippen LogP contribution in [0.15, 0.2) is 0 Å². The molecule has 3 atom stereocenters. The van der Waals surface area contributed by atoms with Gasteiger partial charge in [-0.15, -0.1) is 0 Å². The van der Waals surface area contributed by atoms with Gasteiger partial charge in [-0.1, -0.05) is 19.3 Å². The average molecular weight is 236 g/mol. The Hall–Kier alpha value is -0.590. The molecule has 0 aromatic heterocycles. The van der Waals surface area contributed by atoms with E-state index in [1.165, 1.54) is 32.1 Å². The lowest BCUT2D eigenvalue weighted by Gasteiger charge is -2.30. The molecule has 2 rings (SSSR count). The molecule has 1 saturated heterocycles. The van der Waals surface area contributed by atoms with Crippen LogP contribution < -0.4 is 0 Å². The molecule has 0 spiro atoms. The van der Waals surface area contributed by atoms with Crippen molar-refractivity contribution in [3.05, 3.63) is 0 Å². The maximum atomic E-state index is 9.31. The summed E-state index contributed by atoms with van der Waals surface area (Å²) in [6.07, 6.45) is 7.41. The zero-order valence-corrected chi connectivity index (χ0v) is 10.9. The molecule has 96 valence electrons. The van der Waals surface area contributed by atoms with Gasteiger partial charge in [0.25, 0.3) is 0 Å². The van der Waals surface area contributed by atoms with Gasteiger partial charge >= 0.3 is 0 Å². The minimum atomic E-state index is 0.263. The number of hydrogen-bond acceptors (Lipinski definition) is 3. The van der Waals surface area contributed by atoms with Crippen LogP contribution in [0.4, 0.5) is 0 Å². The first-order valence-electron chi connectivity index (χ1n) is 6.97. The molecule has 1 heterocycles. The van der Waals surface area contributed by atoms with Crippen molar-refractivity contribution in [3.8, 4) is 6.07 Å². The van der Waals surface area contributed by atoms with Crippen LogP contribution >= 0.6 is 0 Å². The van der Waals surface area contributed by atoms with Gasteiger partial charge in [0.1, 0.15) is 0 Å². The molecule has 0 N–H and O–H groups in total. The minimum Gasteiger partial charge on any atom is -0.384 e. The van der Waals surface area contributed by atoms with Crippen molar-refractivity contribution in [2.24, 2.45) is 11.8 Å². The lowest BCUT2D eigenvalue weighted by Crippen LogP contribution is -2.38. The smallest absolute Gasteiger partial charge is 0.0672 e. The molecular formula is C14H24N2O. The molecule has 3 nitrogen and oxygen atoms in total. The van der Waals surface area contributed by atoms with Crippen molar-refractivity contribution in [1.29, 1.82) is 5.26 Å².